The van der Waals surface area contributed by atoms with Crippen LogP contribution in [0.25, 0.3) is 0 Å². The van der Waals surface area contributed by atoms with Gasteiger partial charge in [-0.15, -0.1) is 0 Å². The van der Waals surface area contributed by atoms with Crippen molar-refractivity contribution in [3.63, 3.8) is 0 Å². The van der Waals surface area contributed by atoms with E-state index in [1.54, 1.807) is 29.9 Å². The van der Waals surface area contributed by atoms with Crippen LogP contribution in [0.3, 0.4) is 0 Å². The van der Waals surface area contributed by atoms with Crippen LogP contribution in [-0.2, 0) is 4.79 Å². The molecule has 0 atom stereocenters. The van der Waals surface area contributed by atoms with Gasteiger partial charge in [-0.25, -0.2) is 9.97 Å². The molecule has 6 nitrogen and oxygen atoms in total. The van der Waals surface area contributed by atoms with Gasteiger partial charge < -0.3 is 10.6 Å². The molecule has 3 aromatic rings. The van der Waals surface area contributed by atoms with E-state index in [9.17, 15) is 9.59 Å². The number of nitrogens with zero attached hydrogens (tertiary/aromatic N) is 2. The van der Waals surface area contributed by atoms with Crippen molar-refractivity contribution in [2.24, 2.45) is 0 Å². The van der Waals surface area contributed by atoms with E-state index >= 15 is 0 Å². The molecule has 0 unspecified atom stereocenters. The SMILES string of the molecule is Cc1cc(Sc2ncccn2)ccc1NC(=O)CCNC(=O)c1ccsc1. The maximum atomic E-state index is 12.1. The predicted molar refractivity (Wildman–Crippen MR) is 107 cm³/mol. The van der Waals surface area contributed by atoms with Crippen LogP contribution in [0.1, 0.15) is 22.3 Å². The monoisotopic (exact) mass is 398 g/mol. The van der Waals surface area contributed by atoms with Crippen LogP contribution >= 0.6 is 23.1 Å². The van der Waals surface area contributed by atoms with E-state index in [0.717, 1.165) is 16.1 Å². The highest BCUT2D eigenvalue weighted by Crippen LogP contribution is 2.27. The highest BCUT2D eigenvalue weighted by molar-refractivity contribution is 7.99. The highest BCUT2D eigenvalue weighted by atomic mass is 32.2. The van der Waals surface area contributed by atoms with Gasteiger partial charge in [-0.05, 0) is 60.0 Å². The zero-order valence-corrected chi connectivity index (χ0v) is 16.3. The third-order valence-electron chi connectivity index (χ3n) is 3.64. The van der Waals surface area contributed by atoms with Crippen molar-refractivity contribution >= 4 is 40.6 Å². The Morgan fingerprint density at radius 1 is 1.19 bits per heavy atom. The van der Waals surface area contributed by atoms with Gasteiger partial charge in [0.15, 0.2) is 5.16 Å². The van der Waals surface area contributed by atoms with Crippen molar-refractivity contribution in [3.05, 3.63) is 64.6 Å². The molecule has 0 saturated carbocycles. The number of hydrogen-bond acceptors (Lipinski definition) is 6. The lowest BCUT2D eigenvalue weighted by atomic mass is 10.2. The Morgan fingerprint density at radius 3 is 2.70 bits per heavy atom. The molecule has 0 saturated heterocycles. The van der Waals surface area contributed by atoms with Crippen LogP contribution in [-0.4, -0.2) is 28.3 Å². The topological polar surface area (TPSA) is 84.0 Å². The van der Waals surface area contributed by atoms with E-state index < -0.39 is 0 Å². The largest absolute Gasteiger partial charge is 0.351 e. The first-order chi connectivity index (χ1) is 13.1. The number of anilines is 1. The highest BCUT2D eigenvalue weighted by Gasteiger charge is 2.09. The number of benzene rings is 1. The number of hydrogen-bond donors (Lipinski definition) is 2. The lowest BCUT2D eigenvalue weighted by Gasteiger charge is -2.10. The summed E-state index contributed by atoms with van der Waals surface area (Å²) >= 11 is 2.93. The van der Waals surface area contributed by atoms with Crippen molar-refractivity contribution in [3.8, 4) is 0 Å². The molecular formula is C19H18N4O2S2. The number of rotatable bonds is 7. The Bertz CT molecular complexity index is 915. The van der Waals surface area contributed by atoms with Crippen LogP contribution in [0.2, 0.25) is 0 Å². The third-order valence-corrected chi connectivity index (χ3v) is 5.21. The van der Waals surface area contributed by atoms with Gasteiger partial charge >= 0.3 is 0 Å². The molecule has 3 rings (SSSR count). The molecule has 0 aliphatic heterocycles. The molecule has 0 aliphatic rings. The first kappa shape index (κ1) is 19.1. The molecule has 0 radical (unpaired) electrons. The quantitative estimate of drug-likeness (QED) is 0.592. The number of amides is 2. The Kier molecular flexibility index (Phi) is 6.56. The van der Waals surface area contributed by atoms with Crippen molar-refractivity contribution in [1.29, 1.82) is 0 Å². The minimum absolute atomic E-state index is 0.143. The summed E-state index contributed by atoms with van der Waals surface area (Å²) in [5.41, 5.74) is 2.32. The predicted octanol–water partition coefficient (Wildman–Crippen LogP) is 3.76. The van der Waals surface area contributed by atoms with Gasteiger partial charge in [-0.3, -0.25) is 9.59 Å². The first-order valence-corrected chi connectivity index (χ1v) is 10.0. The molecule has 0 aliphatic carbocycles. The first-order valence-electron chi connectivity index (χ1n) is 8.27. The minimum Gasteiger partial charge on any atom is -0.351 e. The molecule has 2 heterocycles. The summed E-state index contributed by atoms with van der Waals surface area (Å²) < 4.78 is 0. The Balaban J connectivity index is 1.49. The molecule has 2 amide bonds. The summed E-state index contributed by atoms with van der Waals surface area (Å²) in [6.45, 7) is 2.22. The molecule has 0 fully saturated rings. The normalized spacial score (nSPS) is 10.4. The van der Waals surface area contributed by atoms with E-state index in [0.29, 0.717) is 17.3 Å². The second-order valence-corrected chi connectivity index (χ2v) is 7.50. The van der Waals surface area contributed by atoms with Crippen LogP contribution in [0.5, 0.6) is 0 Å². The Morgan fingerprint density at radius 2 is 2.00 bits per heavy atom. The summed E-state index contributed by atoms with van der Waals surface area (Å²) in [7, 11) is 0. The van der Waals surface area contributed by atoms with Crippen molar-refractivity contribution in [2.75, 3.05) is 11.9 Å². The summed E-state index contributed by atoms with van der Waals surface area (Å²) in [5, 5.41) is 9.92. The number of aryl methyl sites for hydroxylation is 1. The molecule has 138 valence electrons. The van der Waals surface area contributed by atoms with E-state index in [4.69, 9.17) is 0 Å². The summed E-state index contributed by atoms with van der Waals surface area (Å²) in [6.07, 6.45) is 3.62. The van der Waals surface area contributed by atoms with Gasteiger partial charge in [-0.1, -0.05) is 0 Å². The molecular weight excluding hydrogens is 380 g/mol. The standard InChI is InChI=1S/C19H18N4O2S2/c1-13-11-15(27-19-21-7-2-8-22-19)3-4-16(13)23-17(24)5-9-20-18(25)14-6-10-26-12-14/h2-4,6-8,10-12H,5,9H2,1H3,(H,20,25)(H,23,24). The fraction of sp³-hybridized carbons (Fsp3) is 0.158. The fourth-order valence-corrected chi connectivity index (χ4v) is 3.73. The molecule has 8 heteroatoms. The number of carbonyl (C=O) groups excluding carboxylic acids is 2. The lowest BCUT2D eigenvalue weighted by Crippen LogP contribution is -2.27. The lowest BCUT2D eigenvalue weighted by molar-refractivity contribution is -0.116. The number of nitrogens with one attached hydrogen (secondary N) is 2. The Labute approximate surface area is 165 Å². The van der Waals surface area contributed by atoms with Gasteiger partial charge in [0, 0.05) is 46.9 Å². The van der Waals surface area contributed by atoms with Gasteiger partial charge in [0.25, 0.3) is 5.91 Å². The second kappa shape index (κ2) is 9.29. The van der Waals surface area contributed by atoms with Gasteiger partial charge in [-0.2, -0.15) is 11.3 Å². The molecule has 0 bridgehead atoms. The summed E-state index contributed by atoms with van der Waals surface area (Å²) in [5.74, 6) is -0.305. The average Bonchev–Trinajstić information content (AvgIpc) is 3.20. The fourth-order valence-electron chi connectivity index (χ4n) is 2.28. The molecule has 2 N–H and O–H groups in total. The molecule has 0 spiro atoms. The molecule has 1 aromatic carbocycles. The van der Waals surface area contributed by atoms with Crippen LogP contribution in [0, 0.1) is 6.92 Å². The summed E-state index contributed by atoms with van der Waals surface area (Å²) in [4.78, 5) is 33.3. The Hall–Kier alpha value is -2.71. The van der Waals surface area contributed by atoms with Crippen molar-refractivity contribution in [2.45, 2.75) is 23.4 Å². The third kappa shape index (κ3) is 5.63. The second-order valence-electron chi connectivity index (χ2n) is 5.68. The minimum atomic E-state index is -0.162. The van der Waals surface area contributed by atoms with E-state index in [-0.39, 0.29) is 18.2 Å². The number of carbonyl (C=O) groups is 2. The number of thiophene rings is 1. The smallest absolute Gasteiger partial charge is 0.252 e. The van der Waals surface area contributed by atoms with Gasteiger partial charge in [0.1, 0.15) is 0 Å². The maximum absolute atomic E-state index is 12.1. The average molecular weight is 399 g/mol. The van der Waals surface area contributed by atoms with Gasteiger partial charge in [0.05, 0.1) is 0 Å². The van der Waals surface area contributed by atoms with E-state index in [2.05, 4.69) is 20.6 Å². The molecule has 2 aromatic heterocycles. The van der Waals surface area contributed by atoms with Crippen molar-refractivity contribution < 1.29 is 9.59 Å². The zero-order chi connectivity index (χ0) is 19.1. The van der Waals surface area contributed by atoms with Crippen LogP contribution in [0.15, 0.2) is 63.5 Å². The van der Waals surface area contributed by atoms with E-state index in [1.165, 1.54) is 23.1 Å². The number of aromatic nitrogens is 2. The summed E-state index contributed by atoms with van der Waals surface area (Å²) in [6, 6.07) is 9.29. The van der Waals surface area contributed by atoms with Crippen LogP contribution in [0.4, 0.5) is 5.69 Å². The zero-order valence-electron chi connectivity index (χ0n) is 14.6. The van der Waals surface area contributed by atoms with Crippen LogP contribution < -0.4 is 10.6 Å². The van der Waals surface area contributed by atoms with E-state index in [1.807, 2.05) is 30.5 Å². The van der Waals surface area contributed by atoms with Gasteiger partial charge in [0.2, 0.25) is 5.91 Å². The molecule has 27 heavy (non-hydrogen) atoms. The maximum Gasteiger partial charge on any atom is 0.252 e. The van der Waals surface area contributed by atoms with Crippen molar-refractivity contribution in [1.82, 2.24) is 15.3 Å².